The fraction of sp³-hybridized carbons (Fsp3) is 0.435. The molecule has 0 radical (unpaired) electrons. The van der Waals surface area contributed by atoms with E-state index in [-0.39, 0.29) is 11.8 Å². The van der Waals surface area contributed by atoms with Crippen molar-refractivity contribution in [2.24, 2.45) is 0 Å². The number of carbonyl (C=O) groups excluding carboxylic acids is 1. The summed E-state index contributed by atoms with van der Waals surface area (Å²) in [4.78, 5) is 27.7. The Labute approximate surface area is 181 Å². The molecule has 1 fully saturated rings. The molecule has 0 aliphatic carbocycles. The standard InChI is InChI=1S/C23H27N5O3/c1-14-5-6-19(11-15(14)2)30-17(4)23(29)28-9-7-18(8-10-28)21-26-22(31-27-21)20-13-24-16(3)12-25-20/h5-6,11-13,17-18H,7-10H2,1-4H3/t17-/m0/s1. The summed E-state index contributed by atoms with van der Waals surface area (Å²) in [6.45, 7) is 9.04. The first-order chi connectivity index (χ1) is 14.9. The van der Waals surface area contributed by atoms with Crippen LogP contribution in [0.15, 0.2) is 35.1 Å². The molecule has 0 bridgehead atoms. The predicted molar refractivity (Wildman–Crippen MR) is 115 cm³/mol. The molecule has 2 aromatic heterocycles. The Balaban J connectivity index is 1.33. The number of aryl methyl sites for hydroxylation is 3. The van der Waals surface area contributed by atoms with Crippen LogP contribution in [0.2, 0.25) is 0 Å². The Bertz CT molecular complexity index is 1060. The number of carbonyl (C=O) groups is 1. The van der Waals surface area contributed by atoms with Crippen molar-refractivity contribution in [1.82, 2.24) is 25.0 Å². The van der Waals surface area contributed by atoms with E-state index >= 15 is 0 Å². The van der Waals surface area contributed by atoms with E-state index in [1.54, 1.807) is 19.3 Å². The number of ether oxygens (including phenoxy) is 1. The van der Waals surface area contributed by atoms with Gasteiger partial charge in [-0.25, -0.2) is 4.98 Å². The van der Waals surface area contributed by atoms with Crippen LogP contribution in [0.25, 0.3) is 11.6 Å². The molecular weight excluding hydrogens is 394 g/mol. The van der Waals surface area contributed by atoms with Crippen LogP contribution >= 0.6 is 0 Å². The number of hydrogen-bond donors (Lipinski definition) is 0. The Morgan fingerprint density at radius 2 is 1.90 bits per heavy atom. The lowest BCUT2D eigenvalue weighted by atomic mass is 9.96. The molecule has 1 saturated heterocycles. The molecule has 1 aliphatic rings. The van der Waals surface area contributed by atoms with Crippen molar-refractivity contribution < 1.29 is 14.1 Å². The summed E-state index contributed by atoms with van der Waals surface area (Å²) in [5, 5.41) is 4.13. The van der Waals surface area contributed by atoms with Gasteiger partial charge in [-0.2, -0.15) is 4.98 Å². The molecule has 3 heterocycles. The van der Waals surface area contributed by atoms with Crippen molar-refractivity contribution in [2.75, 3.05) is 13.1 Å². The molecule has 0 spiro atoms. The van der Waals surface area contributed by atoms with E-state index in [2.05, 4.69) is 27.0 Å². The van der Waals surface area contributed by atoms with Gasteiger partial charge < -0.3 is 14.2 Å². The normalized spacial score (nSPS) is 15.7. The van der Waals surface area contributed by atoms with Crippen molar-refractivity contribution in [3.8, 4) is 17.3 Å². The number of piperidine rings is 1. The zero-order valence-electron chi connectivity index (χ0n) is 18.3. The average molecular weight is 422 g/mol. The molecule has 0 unspecified atom stereocenters. The van der Waals surface area contributed by atoms with Crippen molar-refractivity contribution in [3.63, 3.8) is 0 Å². The van der Waals surface area contributed by atoms with Crippen molar-refractivity contribution in [2.45, 2.75) is 52.6 Å². The van der Waals surface area contributed by atoms with E-state index in [4.69, 9.17) is 9.26 Å². The monoisotopic (exact) mass is 421 g/mol. The van der Waals surface area contributed by atoms with Gasteiger partial charge in [0.1, 0.15) is 11.4 Å². The second-order valence-corrected chi connectivity index (χ2v) is 8.11. The van der Waals surface area contributed by atoms with E-state index in [1.807, 2.05) is 36.9 Å². The number of benzene rings is 1. The highest BCUT2D eigenvalue weighted by Gasteiger charge is 2.30. The fourth-order valence-electron chi connectivity index (χ4n) is 3.66. The summed E-state index contributed by atoms with van der Waals surface area (Å²) >= 11 is 0. The lowest BCUT2D eigenvalue weighted by Gasteiger charge is -2.32. The van der Waals surface area contributed by atoms with E-state index < -0.39 is 6.10 Å². The Morgan fingerprint density at radius 1 is 1.13 bits per heavy atom. The Kier molecular flexibility index (Phi) is 5.97. The number of amides is 1. The molecular formula is C23H27N5O3. The zero-order valence-corrected chi connectivity index (χ0v) is 18.3. The number of rotatable bonds is 5. The third-order valence-corrected chi connectivity index (χ3v) is 5.75. The van der Waals surface area contributed by atoms with Gasteiger partial charge in [0, 0.05) is 25.2 Å². The molecule has 3 aromatic rings. The van der Waals surface area contributed by atoms with Gasteiger partial charge in [-0.15, -0.1) is 0 Å². The van der Waals surface area contributed by atoms with Crippen LogP contribution in [-0.2, 0) is 4.79 Å². The van der Waals surface area contributed by atoms with Crippen LogP contribution < -0.4 is 4.74 Å². The molecule has 4 rings (SSSR count). The Hall–Kier alpha value is -3.29. The van der Waals surface area contributed by atoms with Crippen LogP contribution in [0.1, 0.15) is 48.3 Å². The van der Waals surface area contributed by atoms with Crippen LogP contribution in [-0.4, -0.2) is 50.1 Å². The smallest absolute Gasteiger partial charge is 0.278 e. The molecule has 0 N–H and O–H groups in total. The van der Waals surface area contributed by atoms with Gasteiger partial charge in [-0.1, -0.05) is 11.2 Å². The van der Waals surface area contributed by atoms with Gasteiger partial charge in [-0.3, -0.25) is 9.78 Å². The predicted octanol–water partition coefficient (Wildman–Crippen LogP) is 3.63. The average Bonchev–Trinajstić information content (AvgIpc) is 3.26. The minimum absolute atomic E-state index is 0.000379. The van der Waals surface area contributed by atoms with Gasteiger partial charge in [-0.05, 0) is 63.8 Å². The van der Waals surface area contributed by atoms with Crippen molar-refractivity contribution in [3.05, 3.63) is 53.2 Å². The quantitative estimate of drug-likeness (QED) is 0.621. The lowest BCUT2D eigenvalue weighted by molar-refractivity contribution is -0.139. The SMILES string of the molecule is Cc1cnc(-c2nc(C3CCN(C(=O)[C@H](C)Oc4ccc(C)c(C)c4)CC3)no2)cn1. The minimum Gasteiger partial charge on any atom is -0.481 e. The highest BCUT2D eigenvalue weighted by Crippen LogP contribution is 2.28. The molecule has 1 aromatic carbocycles. The Morgan fingerprint density at radius 3 is 2.58 bits per heavy atom. The summed E-state index contributed by atoms with van der Waals surface area (Å²) in [5.74, 6) is 1.90. The maximum atomic E-state index is 12.9. The minimum atomic E-state index is -0.532. The lowest BCUT2D eigenvalue weighted by Crippen LogP contribution is -2.44. The van der Waals surface area contributed by atoms with E-state index in [9.17, 15) is 4.79 Å². The summed E-state index contributed by atoms with van der Waals surface area (Å²) in [6.07, 6.45) is 4.33. The van der Waals surface area contributed by atoms with Crippen LogP contribution in [0.4, 0.5) is 0 Å². The number of hydrogen-bond acceptors (Lipinski definition) is 7. The first kappa shape index (κ1) is 21.0. The molecule has 1 aliphatic heterocycles. The van der Waals surface area contributed by atoms with Gasteiger partial charge in [0.15, 0.2) is 11.9 Å². The summed E-state index contributed by atoms with van der Waals surface area (Å²) in [6, 6.07) is 5.89. The van der Waals surface area contributed by atoms with Gasteiger partial charge >= 0.3 is 0 Å². The molecule has 0 saturated carbocycles. The van der Waals surface area contributed by atoms with E-state index in [0.717, 1.165) is 29.8 Å². The summed E-state index contributed by atoms with van der Waals surface area (Å²) in [5.41, 5.74) is 3.74. The highest BCUT2D eigenvalue weighted by molar-refractivity contribution is 5.81. The summed E-state index contributed by atoms with van der Waals surface area (Å²) in [7, 11) is 0. The first-order valence-electron chi connectivity index (χ1n) is 10.6. The molecule has 31 heavy (non-hydrogen) atoms. The second kappa shape index (κ2) is 8.83. The maximum Gasteiger partial charge on any atom is 0.278 e. The fourth-order valence-corrected chi connectivity index (χ4v) is 3.66. The number of aromatic nitrogens is 4. The van der Waals surface area contributed by atoms with E-state index in [1.165, 1.54) is 5.56 Å². The third-order valence-electron chi connectivity index (χ3n) is 5.75. The van der Waals surface area contributed by atoms with Gasteiger partial charge in [0.05, 0.1) is 11.9 Å². The van der Waals surface area contributed by atoms with Gasteiger partial charge in [0.25, 0.3) is 11.8 Å². The second-order valence-electron chi connectivity index (χ2n) is 8.11. The van der Waals surface area contributed by atoms with Crippen LogP contribution in [0.5, 0.6) is 5.75 Å². The topological polar surface area (TPSA) is 94.2 Å². The van der Waals surface area contributed by atoms with E-state index in [0.29, 0.717) is 30.5 Å². The molecule has 162 valence electrons. The van der Waals surface area contributed by atoms with Crippen molar-refractivity contribution >= 4 is 5.91 Å². The molecule has 1 atom stereocenters. The zero-order chi connectivity index (χ0) is 22.0. The van der Waals surface area contributed by atoms with Gasteiger partial charge in [0.2, 0.25) is 0 Å². The van der Waals surface area contributed by atoms with Crippen LogP contribution in [0, 0.1) is 20.8 Å². The molecule has 1 amide bonds. The van der Waals surface area contributed by atoms with Crippen LogP contribution in [0.3, 0.4) is 0 Å². The largest absolute Gasteiger partial charge is 0.481 e. The third kappa shape index (κ3) is 4.73. The highest BCUT2D eigenvalue weighted by atomic mass is 16.5. The molecule has 8 nitrogen and oxygen atoms in total. The first-order valence-corrected chi connectivity index (χ1v) is 10.6. The maximum absolute atomic E-state index is 12.9. The molecule has 8 heteroatoms. The van der Waals surface area contributed by atoms with Crippen molar-refractivity contribution in [1.29, 1.82) is 0 Å². The number of nitrogens with zero attached hydrogens (tertiary/aromatic N) is 5. The summed E-state index contributed by atoms with van der Waals surface area (Å²) < 4.78 is 11.3. The number of likely N-dealkylation sites (tertiary alicyclic amines) is 1.